The zero-order valence-electron chi connectivity index (χ0n) is 11.4. The molecule has 2 aromatic heterocycles. The summed E-state index contributed by atoms with van der Waals surface area (Å²) in [5.74, 6) is -0.997. The maximum atomic E-state index is 10.9. The van der Waals surface area contributed by atoms with Crippen LogP contribution in [0, 0.1) is 0 Å². The summed E-state index contributed by atoms with van der Waals surface area (Å²) in [5.41, 5.74) is 1.89. The van der Waals surface area contributed by atoms with E-state index < -0.39 is 5.97 Å². The Kier molecular flexibility index (Phi) is 4.79. The fourth-order valence-corrected chi connectivity index (χ4v) is 1.89. The predicted octanol–water partition coefficient (Wildman–Crippen LogP) is 1.85. The van der Waals surface area contributed by atoms with Gasteiger partial charge in [-0.1, -0.05) is 12.1 Å². The van der Waals surface area contributed by atoms with Crippen LogP contribution in [0.2, 0.25) is 0 Å². The largest absolute Gasteiger partial charge is 0.477 e. The molecule has 0 spiro atoms. The number of aromatic nitrogens is 2. The van der Waals surface area contributed by atoms with Gasteiger partial charge >= 0.3 is 5.97 Å². The van der Waals surface area contributed by atoms with Crippen molar-refractivity contribution in [3.63, 3.8) is 0 Å². The number of hydrogen-bond donors (Lipinski definition) is 1. The van der Waals surface area contributed by atoms with Crippen LogP contribution in [0.3, 0.4) is 0 Å². The Balaban J connectivity index is 1.89. The maximum absolute atomic E-state index is 10.9. The molecule has 0 fully saturated rings. The molecule has 0 bridgehead atoms. The molecule has 0 amide bonds. The molecule has 0 atom stereocenters. The number of carboxylic acids is 1. The van der Waals surface area contributed by atoms with E-state index in [1.54, 1.807) is 12.3 Å². The van der Waals surface area contributed by atoms with Crippen LogP contribution < -0.4 is 0 Å². The smallest absolute Gasteiger partial charge is 0.354 e. The topological polar surface area (TPSA) is 66.3 Å². The van der Waals surface area contributed by atoms with Crippen LogP contribution in [-0.4, -0.2) is 39.5 Å². The lowest BCUT2D eigenvalue weighted by molar-refractivity contribution is 0.0690. The van der Waals surface area contributed by atoms with E-state index in [2.05, 4.69) is 14.9 Å². The third-order valence-corrected chi connectivity index (χ3v) is 2.93. The molecule has 0 unspecified atom stereocenters. The molecule has 2 rings (SSSR count). The zero-order valence-corrected chi connectivity index (χ0v) is 11.4. The molecule has 2 heterocycles. The van der Waals surface area contributed by atoms with Crippen LogP contribution >= 0.6 is 0 Å². The average Bonchev–Trinajstić information content (AvgIpc) is 2.46. The summed E-state index contributed by atoms with van der Waals surface area (Å²) >= 11 is 0. The molecule has 5 nitrogen and oxygen atoms in total. The Morgan fingerprint density at radius 3 is 2.70 bits per heavy atom. The van der Waals surface area contributed by atoms with Crippen LogP contribution in [0.5, 0.6) is 0 Å². The van der Waals surface area contributed by atoms with Gasteiger partial charge in [0.25, 0.3) is 0 Å². The molecule has 5 heteroatoms. The Labute approximate surface area is 117 Å². The molecule has 1 N–H and O–H groups in total. The molecular weight excluding hydrogens is 254 g/mol. The molecule has 0 saturated carbocycles. The number of carboxylic acid groups (broad SMARTS) is 1. The van der Waals surface area contributed by atoms with Gasteiger partial charge in [-0.2, -0.15) is 0 Å². The summed E-state index contributed by atoms with van der Waals surface area (Å²) < 4.78 is 0. The molecule has 0 aliphatic rings. The Hall–Kier alpha value is -2.27. The quantitative estimate of drug-likeness (QED) is 0.868. The van der Waals surface area contributed by atoms with Crippen LogP contribution in [0.15, 0.2) is 42.6 Å². The number of carbonyl (C=O) groups is 1. The minimum atomic E-state index is -0.997. The molecule has 2 aromatic rings. The van der Waals surface area contributed by atoms with E-state index in [4.69, 9.17) is 5.11 Å². The Morgan fingerprint density at radius 1 is 1.20 bits per heavy atom. The number of aromatic carboxylic acids is 1. The fourth-order valence-electron chi connectivity index (χ4n) is 1.89. The van der Waals surface area contributed by atoms with Crippen LogP contribution in [0.25, 0.3) is 0 Å². The van der Waals surface area contributed by atoms with Crippen molar-refractivity contribution in [1.82, 2.24) is 14.9 Å². The lowest BCUT2D eigenvalue weighted by Crippen LogP contribution is -2.22. The third-order valence-electron chi connectivity index (χ3n) is 2.93. The van der Waals surface area contributed by atoms with Gasteiger partial charge in [-0.15, -0.1) is 0 Å². The van der Waals surface area contributed by atoms with Gasteiger partial charge in [0.2, 0.25) is 0 Å². The van der Waals surface area contributed by atoms with Gasteiger partial charge in [0.1, 0.15) is 5.69 Å². The fraction of sp³-hybridized carbons (Fsp3) is 0.267. The molecule has 104 valence electrons. The number of hydrogen-bond acceptors (Lipinski definition) is 4. The monoisotopic (exact) mass is 271 g/mol. The van der Waals surface area contributed by atoms with E-state index in [0.29, 0.717) is 6.54 Å². The summed E-state index contributed by atoms with van der Waals surface area (Å²) in [7, 11) is 1.98. The highest BCUT2D eigenvalue weighted by atomic mass is 16.4. The SMILES string of the molecule is CN(CCc1ccccn1)Cc1cccc(C(=O)O)n1. The molecule has 20 heavy (non-hydrogen) atoms. The van der Waals surface area contributed by atoms with Crippen molar-refractivity contribution in [2.24, 2.45) is 0 Å². The second kappa shape index (κ2) is 6.77. The van der Waals surface area contributed by atoms with Crippen molar-refractivity contribution in [2.45, 2.75) is 13.0 Å². The first kappa shape index (κ1) is 14.1. The van der Waals surface area contributed by atoms with Gasteiger partial charge < -0.3 is 10.0 Å². The average molecular weight is 271 g/mol. The first-order chi connectivity index (χ1) is 9.65. The predicted molar refractivity (Wildman–Crippen MR) is 75.5 cm³/mol. The summed E-state index contributed by atoms with van der Waals surface area (Å²) in [6, 6.07) is 10.9. The first-order valence-electron chi connectivity index (χ1n) is 6.43. The van der Waals surface area contributed by atoms with Gasteiger partial charge in [-0.25, -0.2) is 9.78 Å². The minimum absolute atomic E-state index is 0.0839. The molecule has 0 saturated heterocycles. The highest BCUT2D eigenvalue weighted by molar-refractivity contribution is 5.85. The van der Waals surface area contributed by atoms with Gasteiger partial charge in [0.05, 0.1) is 5.69 Å². The van der Waals surface area contributed by atoms with Crippen molar-refractivity contribution in [1.29, 1.82) is 0 Å². The van der Waals surface area contributed by atoms with Crippen molar-refractivity contribution >= 4 is 5.97 Å². The van der Waals surface area contributed by atoms with E-state index in [1.807, 2.05) is 31.3 Å². The van der Waals surface area contributed by atoms with Gasteiger partial charge in [-0.05, 0) is 31.3 Å². The molecule has 0 radical (unpaired) electrons. The maximum Gasteiger partial charge on any atom is 0.354 e. The summed E-state index contributed by atoms with van der Waals surface area (Å²) in [6.07, 6.45) is 2.64. The summed E-state index contributed by atoms with van der Waals surface area (Å²) in [5, 5.41) is 8.91. The standard InChI is InChI=1S/C15H17N3O2/c1-18(10-8-12-5-2-3-9-16-12)11-13-6-4-7-14(17-13)15(19)20/h2-7,9H,8,10-11H2,1H3,(H,19,20). The van der Waals surface area contributed by atoms with Crippen LogP contribution in [0.4, 0.5) is 0 Å². The third kappa shape index (κ3) is 4.13. The molecule has 0 aliphatic carbocycles. The zero-order chi connectivity index (χ0) is 14.4. The van der Waals surface area contributed by atoms with Crippen molar-refractivity contribution in [3.05, 3.63) is 59.7 Å². The lowest BCUT2D eigenvalue weighted by Gasteiger charge is -2.15. The van der Waals surface area contributed by atoms with E-state index >= 15 is 0 Å². The number of likely N-dealkylation sites (N-methyl/N-ethyl adjacent to an activating group) is 1. The molecule has 0 aromatic carbocycles. The summed E-state index contributed by atoms with van der Waals surface area (Å²) in [6.45, 7) is 1.46. The van der Waals surface area contributed by atoms with E-state index in [0.717, 1.165) is 24.4 Å². The highest BCUT2D eigenvalue weighted by Gasteiger charge is 2.07. The van der Waals surface area contributed by atoms with Gasteiger partial charge in [-0.3, -0.25) is 4.98 Å². The van der Waals surface area contributed by atoms with Crippen LogP contribution in [0.1, 0.15) is 21.9 Å². The van der Waals surface area contributed by atoms with E-state index in [1.165, 1.54) is 6.07 Å². The Bertz CT molecular complexity index is 572. The molecule has 0 aliphatic heterocycles. The van der Waals surface area contributed by atoms with E-state index in [-0.39, 0.29) is 5.69 Å². The normalized spacial score (nSPS) is 10.7. The van der Waals surface area contributed by atoms with Crippen molar-refractivity contribution in [2.75, 3.05) is 13.6 Å². The van der Waals surface area contributed by atoms with Crippen molar-refractivity contribution < 1.29 is 9.90 Å². The van der Waals surface area contributed by atoms with Gasteiger partial charge in [0, 0.05) is 31.4 Å². The first-order valence-corrected chi connectivity index (χ1v) is 6.43. The number of nitrogens with zero attached hydrogens (tertiary/aromatic N) is 3. The van der Waals surface area contributed by atoms with Crippen LogP contribution in [-0.2, 0) is 13.0 Å². The number of pyridine rings is 2. The second-order valence-corrected chi connectivity index (χ2v) is 4.63. The second-order valence-electron chi connectivity index (χ2n) is 4.63. The highest BCUT2D eigenvalue weighted by Crippen LogP contribution is 2.04. The van der Waals surface area contributed by atoms with E-state index in [9.17, 15) is 4.79 Å². The summed E-state index contributed by atoms with van der Waals surface area (Å²) in [4.78, 5) is 21.4. The number of rotatable bonds is 6. The Morgan fingerprint density at radius 2 is 2.00 bits per heavy atom. The lowest BCUT2D eigenvalue weighted by atomic mass is 10.2. The van der Waals surface area contributed by atoms with Crippen molar-refractivity contribution in [3.8, 4) is 0 Å². The molecular formula is C15H17N3O2. The van der Waals surface area contributed by atoms with Gasteiger partial charge in [0.15, 0.2) is 0 Å². The minimum Gasteiger partial charge on any atom is -0.477 e.